The minimum Gasteiger partial charge on any atom is -0.378 e. The minimum absolute atomic E-state index is 0.00752. The Bertz CT molecular complexity index is 2470. The van der Waals surface area contributed by atoms with Crippen molar-refractivity contribution in [2.24, 2.45) is 13.0 Å². The number of morpholine rings is 1. The van der Waals surface area contributed by atoms with Crippen LogP contribution >= 0.6 is 0 Å². The number of carbonyl (C=O) groups is 3. The molecule has 1 aliphatic carbocycles. The summed E-state index contributed by atoms with van der Waals surface area (Å²) < 4.78 is 45.7. The van der Waals surface area contributed by atoms with Crippen LogP contribution in [0.3, 0.4) is 0 Å². The van der Waals surface area contributed by atoms with Gasteiger partial charge in [-0.25, -0.2) is 18.3 Å². The highest BCUT2D eigenvalue weighted by Crippen LogP contribution is 2.37. The standard InChI is InChI=1S/C44H53F2N11O5/c1-53-40-27(4-2-6-32(40)38(51-53)33-11-12-37(58)50-43(33)59)5-3-19-61-30-13-16-54(17-14-30)22-26-7-9-28(10-8-26)57-24-35(39(52-57)41(45)46)48-44(60)34-21-47-56-18-15-36(49-42(34)56)55-23-31-20-29(55)25-62-31/h2,4,6,15,18,21,24,26,28-31,33,41H,3,5,7-14,16-17,19-20,22-23,25H2,1H3,(H,48,60)(H,50,58,59)/t26?,28?,29-,31-,33?/m1/s1. The molecule has 8 heterocycles. The lowest BCUT2D eigenvalue weighted by Crippen LogP contribution is -2.40. The van der Waals surface area contributed by atoms with Crippen molar-refractivity contribution in [3.05, 3.63) is 65.4 Å². The Morgan fingerprint density at radius 2 is 1.89 bits per heavy atom. The zero-order valence-electron chi connectivity index (χ0n) is 34.9. The van der Waals surface area contributed by atoms with Gasteiger partial charge < -0.3 is 24.6 Å². The highest BCUT2D eigenvalue weighted by molar-refractivity contribution is 6.08. The molecule has 3 amide bonds. The van der Waals surface area contributed by atoms with E-state index in [2.05, 4.69) is 36.7 Å². The number of carbonyl (C=O) groups excluding carboxylic acids is 3. The smallest absolute Gasteiger partial charge is 0.284 e. The first-order valence-corrected chi connectivity index (χ1v) is 22.2. The summed E-state index contributed by atoms with van der Waals surface area (Å²) in [4.78, 5) is 47.3. The van der Waals surface area contributed by atoms with Gasteiger partial charge in [0.15, 0.2) is 11.3 Å². The number of alkyl halides is 2. The number of benzene rings is 1. The lowest BCUT2D eigenvalue weighted by Gasteiger charge is -2.36. The molecule has 16 nitrogen and oxygen atoms in total. The van der Waals surface area contributed by atoms with Crippen LogP contribution < -0.4 is 15.5 Å². The van der Waals surface area contributed by atoms with Crippen molar-refractivity contribution in [1.29, 1.82) is 0 Å². The molecule has 4 saturated heterocycles. The van der Waals surface area contributed by atoms with Gasteiger partial charge in [0.1, 0.15) is 11.4 Å². The number of rotatable bonds is 13. The molecule has 4 aliphatic heterocycles. The van der Waals surface area contributed by atoms with Gasteiger partial charge in [-0.1, -0.05) is 18.2 Å². The fourth-order valence-corrected chi connectivity index (χ4v) is 10.5. The normalized spacial score (nSPS) is 24.8. The van der Waals surface area contributed by atoms with Crippen LogP contribution in [-0.2, 0) is 32.5 Å². The van der Waals surface area contributed by atoms with Gasteiger partial charge in [0.05, 0.1) is 59.9 Å². The summed E-state index contributed by atoms with van der Waals surface area (Å²) in [6.07, 6.45) is 11.4. The topological polar surface area (TPSA) is 166 Å². The molecule has 5 aliphatic rings. The lowest BCUT2D eigenvalue weighted by atomic mass is 9.85. The second kappa shape index (κ2) is 17.1. The molecule has 328 valence electrons. The van der Waals surface area contributed by atoms with E-state index in [1.54, 1.807) is 17.1 Å². The van der Waals surface area contributed by atoms with Gasteiger partial charge in [-0.15, -0.1) is 0 Å². The number of nitrogens with zero attached hydrogens (tertiary/aromatic N) is 9. The third kappa shape index (κ3) is 8.07. The Kier molecular flexibility index (Phi) is 11.2. The number of halogens is 2. The molecule has 2 N–H and O–H groups in total. The largest absolute Gasteiger partial charge is 0.378 e. The van der Waals surface area contributed by atoms with Gasteiger partial charge >= 0.3 is 0 Å². The number of aryl methyl sites for hydroxylation is 2. The van der Waals surface area contributed by atoms with Crippen molar-refractivity contribution < 1.29 is 32.6 Å². The van der Waals surface area contributed by atoms with E-state index in [0.29, 0.717) is 37.6 Å². The van der Waals surface area contributed by atoms with E-state index in [4.69, 9.17) is 19.6 Å². The van der Waals surface area contributed by atoms with Crippen LogP contribution in [0.15, 0.2) is 42.9 Å². The predicted octanol–water partition coefficient (Wildman–Crippen LogP) is 5.35. The third-order valence-electron chi connectivity index (χ3n) is 13.7. The number of nitrogens with one attached hydrogen (secondary N) is 2. The Morgan fingerprint density at radius 1 is 1.05 bits per heavy atom. The Balaban J connectivity index is 0.678. The number of ether oxygens (including phenoxy) is 2. The van der Waals surface area contributed by atoms with Gasteiger partial charge in [-0.2, -0.15) is 15.3 Å². The van der Waals surface area contributed by atoms with E-state index < -0.39 is 23.9 Å². The van der Waals surface area contributed by atoms with Crippen LogP contribution in [0.4, 0.5) is 20.3 Å². The summed E-state index contributed by atoms with van der Waals surface area (Å²) in [6.45, 7) is 5.05. The second-order valence-electron chi connectivity index (χ2n) is 17.7. The zero-order chi connectivity index (χ0) is 42.5. The van der Waals surface area contributed by atoms with Crippen LogP contribution in [0.25, 0.3) is 16.6 Å². The van der Waals surface area contributed by atoms with E-state index in [0.717, 1.165) is 106 Å². The van der Waals surface area contributed by atoms with Gasteiger partial charge in [0.2, 0.25) is 11.8 Å². The number of hydrogen-bond acceptors (Lipinski definition) is 11. The number of hydrogen-bond donors (Lipinski definition) is 2. The first kappa shape index (κ1) is 40.7. The van der Waals surface area contributed by atoms with Gasteiger partial charge in [-0.05, 0) is 81.8 Å². The molecule has 1 unspecified atom stereocenters. The highest BCUT2D eigenvalue weighted by atomic mass is 19.3. The SMILES string of the molecule is Cn1nc(C2CCC(=O)NC2=O)c2cccc(CCCOC3CCN(CC4CCC(n5cc(NC(=O)c6cnn7ccc(N8C[C@H]9C[C@@H]8CO9)nc67)c(C(F)F)n5)CC4)CC3)c21. The molecule has 2 bridgehead atoms. The van der Waals surface area contributed by atoms with Crippen LogP contribution in [0.5, 0.6) is 0 Å². The summed E-state index contributed by atoms with van der Waals surface area (Å²) in [5.74, 6) is -0.221. The van der Waals surface area contributed by atoms with Crippen molar-refractivity contribution in [2.75, 3.05) is 49.6 Å². The molecule has 62 heavy (non-hydrogen) atoms. The van der Waals surface area contributed by atoms with Crippen molar-refractivity contribution >= 4 is 45.8 Å². The Hall–Kier alpha value is -5.33. The van der Waals surface area contributed by atoms with Crippen LogP contribution in [0, 0.1) is 5.92 Å². The van der Waals surface area contributed by atoms with Gasteiger partial charge in [0, 0.05) is 64.0 Å². The lowest BCUT2D eigenvalue weighted by molar-refractivity contribution is -0.134. The van der Waals surface area contributed by atoms with E-state index in [1.165, 1.54) is 16.3 Å². The van der Waals surface area contributed by atoms with E-state index in [1.807, 2.05) is 29.9 Å². The first-order chi connectivity index (χ1) is 30.1. The molecule has 4 aromatic heterocycles. The molecular weight excluding hydrogens is 801 g/mol. The molecule has 1 saturated carbocycles. The quantitative estimate of drug-likeness (QED) is 0.116. The van der Waals surface area contributed by atoms with Crippen molar-refractivity contribution in [2.45, 2.75) is 107 Å². The number of imide groups is 1. The van der Waals surface area contributed by atoms with Crippen molar-refractivity contribution in [3.63, 3.8) is 0 Å². The average Bonchev–Trinajstić information content (AvgIpc) is 4.13. The minimum atomic E-state index is -2.85. The van der Waals surface area contributed by atoms with E-state index in [-0.39, 0.29) is 47.4 Å². The number of amides is 3. The predicted molar refractivity (Wildman–Crippen MR) is 224 cm³/mol. The number of aromatic nitrogens is 7. The average molecular weight is 854 g/mol. The summed E-state index contributed by atoms with van der Waals surface area (Å²) in [7, 11) is 1.91. The van der Waals surface area contributed by atoms with Gasteiger partial charge in [-0.3, -0.25) is 29.1 Å². The number of para-hydroxylation sites is 1. The third-order valence-corrected chi connectivity index (χ3v) is 13.7. The molecule has 3 atom stereocenters. The maximum Gasteiger partial charge on any atom is 0.284 e. The molecule has 10 rings (SSSR count). The zero-order valence-corrected chi connectivity index (χ0v) is 34.9. The monoisotopic (exact) mass is 853 g/mol. The van der Waals surface area contributed by atoms with Crippen LogP contribution in [0.1, 0.15) is 110 Å². The Morgan fingerprint density at radius 3 is 2.65 bits per heavy atom. The second-order valence-corrected chi connectivity index (χ2v) is 17.7. The van der Waals surface area contributed by atoms with E-state index >= 15 is 0 Å². The summed E-state index contributed by atoms with van der Waals surface area (Å²) in [5, 5.41) is 19.4. The van der Waals surface area contributed by atoms with Crippen LogP contribution in [0.2, 0.25) is 0 Å². The van der Waals surface area contributed by atoms with Gasteiger partial charge in [0.25, 0.3) is 12.3 Å². The van der Waals surface area contributed by atoms with Crippen molar-refractivity contribution in [3.8, 4) is 0 Å². The molecule has 1 aromatic carbocycles. The molecule has 0 radical (unpaired) electrons. The fourth-order valence-electron chi connectivity index (χ4n) is 10.5. The van der Waals surface area contributed by atoms with E-state index in [9.17, 15) is 23.2 Å². The molecule has 5 aromatic rings. The maximum absolute atomic E-state index is 14.3. The highest BCUT2D eigenvalue weighted by Gasteiger charge is 2.40. The number of fused-ring (bicyclic) bond motifs is 4. The van der Waals surface area contributed by atoms with Crippen molar-refractivity contribution in [1.82, 2.24) is 44.4 Å². The Labute approximate surface area is 357 Å². The molecule has 5 fully saturated rings. The molecule has 0 spiro atoms. The molecule has 18 heteroatoms. The summed E-state index contributed by atoms with van der Waals surface area (Å²) in [5.41, 5.74) is 3.07. The summed E-state index contributed by atoms with van der Waals surface area (Å²) >= 11 is 0. The number of likely N-dealkylation sites (tertiary alicyclic amines) is 1. The maximum atomic E-state index is 14.3. The number of anilines is 2. The fraction of sp³-hybridized carbons (Fsp3) is 0.568. The summed E-state index contributed by atoms with van der Waals surface area (Å²) in [6, 6.07) is 8.24. The first-order valence-electron chi connectivity index (χ1n) is 22.2. The number of piperidine rings is 2. The van der Waals surface area contributed by atoms with Crippen LogP contribution in [-0.4, -0.2) is 114 Å². The molecular formula is C44H53F2N11O5.